The Morgan fingerprint density at radius 3 is 2.64 bits per heavy atom. The van der Waals surface area contributed by atoms with Crippen molar-refractivity contribution in [2.24, 2.45) is 5.73 Å². The van der Waals surface area contributed by atoms with Crippen LogP contribution in [0.25, 0.3) is 0 Å². The smallest absolute Gasteiger partial charge is 0.249 e. The highest BCUT2D eigenvalue weighted by Gasteiger charge is 2.30. The van der Waals surface area contributed by atoms with E-state index in [1.165, 1.54) is 0 Å². The fraction of sp³-hybridized carbons (Fsp3) is 0.375. The number of benzene rings is 1. The van der Waals surface area contributed by atoms with Gasteiger partial charge in [-0.25, -0.2) is 0 Å². The molecule has 0 saturated heterocycles. The van der Waals surface area contributed by atoms with Gasteiger partial charge in [0.05, 0.1) is 6.54 Å². The first-order valence-electron chi connectivity index (χ1n) is 7.23. The number of nitrogens with zero attached hydrogens (tertiary/aromatic N) is 3. The topological polar surface area (TPSA) is 76.2 Å². The van der Waals surface area contributed by atoms with Crippen molar-refractivity contribution < 1.29 is 4.79 Å². The summed E-state index contributed by atoms with van der Waals surface area (Å²) in [4.78, 5) is 14.5. The van der Waals surface area contributed by atoms with Gasteiger partial charge in [0.2, 0.25) is 5.91 Å². The van der Waals surface area contributed by atoms with Crippen LogP contribution in [-0.4, -0.2) is 41.2 Å². The second-order valence-electron chi connectivity index (χ2n) is 5.79. The molecule has 22 heavy (non-hydrogen) atoms. The van der Waals surface area contributed by atoms with Gasteiger partial charge in [-0.05, 0) is 26.6 Å². The average Bonchev–Trinajstić information content (AvgIpc) is 2.93. The van der Waals surface area contributed by atoms with Gasteiger partial charge in [-0.15, -0.1) is 0 Å². The summed E-state index contributed by atoms with van der Waals surface area (Å²) < 4.78 is 1.80. The summed E-state index contributed by atoms with van der Waals surface area (Å²) in [6.07, 6.45) is 1.84. The molecule has 0 aliphatic carbocycles. The molecule has 2 rings (SSSR count). The maximum atomic E-state index is 12.4. The van der Waals surface area contributed by atoms with Gasteiger partial charge in [0.15, 0.2) is 5.82 Å². The number of anilines is 1. The summed E-state index contributed by atoms with van der Waals surface area (Å²) in [6, 6.07) is 11.1. The number of hydrogen-bond donors (Lipinski definition) is 2. The molecule has 1 atom stereocenters. The molecule has 1 unspecified atom stereocenters. The van der Waals surface area contributed by atoms with Crippen LogP contribution in [0.1, 0.15) is 12.5 Å². The monoisotopic (exact) mass is 301 g/mol. The molecular formula is C16H23N5O. The first-order valence-corrected chi connectivity index (χ1v) is 7.23. The van der Waals surface area contributed by atoms with Crippen LogP contribution in [0.3, 0.4) is 0 Å². The van der Waals surface area contributed by atoms with Crippen molar-refractivity contribution in [3.05, 3.63) is 48.2 Å². The summed E-state index contributed by atoms with van der Waals surface area (Å²) in [5.74, 6) is 0.230. The van der Waals surface area contributed by atoms with Gasteiger partial charge in [0.25, 0.3) is 0 Å². The highest BCUT2D eigenvalue weighted by molar-refractivity contribution is 5.97. The van der Waals surface area contributed by atoms with Crippen LogP contribution < -0.4 is 11.1 Å². The molecule has 0 spiro atoms. The lowest BCUT2D eigenvalue weighted by Crippen LogP contribution is -2.45. The van der Waals surface area contributed by atoms with E-state index in [0.29, 0.717) is 5.82 Å². The number of hydrogen-bond acceptors (Lipinski definition) is 4. The lowest BCUT2D eigenvalue weighted by molar-refractivity contribution is -0.120. The van der Waals surface area contributed by atoms with E-state index < -0.39 is 5.54 Å². The molecule has 0 fully saturated rings. The molecule has 0 aliphatic heterocycles. The second kappa shape index (κ2) is 6.72. The molecule has 1 aromatic heterocycles. The van der Waals surface area contributed by atoms with E-state index in [2.05, 4.69) is 15.3 Å². The van der Waals surface area contributed by atoms with Crippen molar-refractivity contribution in [3.63, 3.8) is 0 Å². The summed E-state index contributed by atoms with van der Waals surface area (Å²) >= 11 is 0. The standard InChI is InChI=1S/C16H23N5O/c1-16(17,13-7-5-4-6-8-13)15(22)18-14-9-10-21(19-14)12-11-20(2)3/h4-10H,11-12,17H2,1-3H3,(H,18,19,22). The van der Waals surface area contributed by atoms with Gasteiger partial charge < -0.3 is 16.0 Å². The zero-order chi connectivity index (χ0) is 16.2. The summed E-state index contributed by atoms with van der Waals surface area (Å²) in [5, 5.41) is 7.11. The van der Waals surface area contributed by atoms with Crippen LogP contribution in [0, 0.1) is 0 Å². The Kier molecular flexibility index (Phi) is 4.95. The van der Waals surface area contributed by atoms with E-state index >= 15 is 0 Å². The highest BCUT2D eigenvalue weighted by atomic mass is 16.2. The van der Waals surface area contributed by atoms with Crippen molar-refractivity contribution in [3.8, 4) is 0 Å². The predicted octanol–water partition coefficient (Wildman–Crippen LogP) is 1.26. The van der Waals surface area contributed by atoms with Gasteiger partial charge >= 0.3 is 0 Å². The van der Waals surface area contributed by atoms with Crippen LogP contribution in [0.4, 0.5) is 5.82 Å². The molecule has 0 aliphatic rings. The van der Waals surface area contributed by atoms with E-state index in [0.717, 1.165) is 18.7 Å². The Labute approximate surface area is 130 Å². The first kappa shape index (κ1) is 16.2. The molecule has 2 aromatic rings. The molecule has 6 heteroatoms. The third-order valence-corrected chi connectivity index (χ3v) is 3.50. The van der Waals surface area contributed by atoms with Crippen molar-refractivity contribution in [1.82, 2.24) is 14.7 Å². The van der Waals surface area contributed by atoms with E-state index in [9.17, 15) is 4.79 Å². The lowest BCUT2D eigenvalue weighted by Gasteiger charge is -2.23. The zero-order valence-electron chi connectivity index (χ0n) is 13.3. The molecule has 1 amide bonds. The summed E-state index contributed by atoms with van der Waals surface area (Å²) in [5.41, 5.74) is 5.84. The van der Waals surface area contributed by atoms with E-state index in [1.807, 2.05) is 50.6 Å². The van der Waals surface area contributed by atoms with Crippen molar-refractivity contribution in [1.29, 1.82) is 0 Å². The number of carbonyl (C=O) groups excluding carboxylic acids is 1. The fourth-order valence-corrected chi connectivity index (χ4v) is 2.02. The van der Waals surface area contributed by atoms with Gasteiger partial charge in [-0.3, -0.25) is 9.48 Å². The zero-order valence-corrected chi connectivity index (χ0v) is 13.3. The van der Waals surface area contributed by atoms with Gasteiger partial charge in [-0.2, -0.15) is 5.10 Å². The lowest BCUT2D eigenvalue weighted by atomic mass is 9.92. The van der Waals surface area contributed by atoms with Crippen LogP contribution in [0.15, 0.2) is 42.6 Å². The third-order valence-electron chi connectivity index (χ3n) is 3.50. The molecule has 1 heterocycles. The van der Waals surface area contributed by atoms with Crippen molar-refractivity contribution in [2.45, 2.75) is 19.0 Å². The molecule has 0 bridgehead atoms. The Morgan fingerprint density at radius 1 is 1.32 bits per heavy atom. The number of nitrogens with two attached hydrogens (primary N) is 1. The minimum absolute atomic E-state index is 0.281. The van der Waals surface area contributed by atoms with E-state index in [1.54, 1.807) is 17.7 Å². The number of amides is 1. The van der Waals surface area contributed by atoms with Gasteiger partial charge in [-0.1, -0.05) is 30.3 Å². The maximum absolute atomic E-state index is 12.4. The molecular weight excluding hydrogens is 278 g/mol. The van der Waals surface area contributed by atoms with Crippen LogP contribution in [-0.2, 0) is 16.9 Å². The number of aromatic nitrogens is 2. The summed E-state index contributed by atoms with van der Waals surface area (Å²) in [6.45, 7) is 3.34. The Morgan fingerprint density at radius 2 is 2.00 bits per heavy atom. The van der Waals surface area contributed by atoms with Crippen molar-refractivity contribution >= 4 is 11.7 Å². The minimum Gasteiger partial charge on any atom is -0.314 e. The number of rotatable bonds is 6. The summed E-state index contributed by atoms with van der Waals surface area (Å²) in [7, 11) is 4.01. The molecule has 6 nitrogen and oxygen atoms in total. The molecule has 1 aromatic carbocycles. The molecule has 0 radical (unpaired) electrons. The average molecular weight is 301 g/mol. The number of carbonyl (C=O) groups is 1. The first-order chi connectivity index (χ1) is 10.4. The minimum atomic E-state index is -1.10. The van der Waals surface area contributed by atoms with Crippen LogP contribution in [0.5, 0.6) is 0 Å². The Hall–Kier alpha value is -2.18. The van der Waals surface area contributed by atoms with Crippen LogP contribution in [0.2, 0.25) is 0 Å². The second-order valence-corrected chi connectivity index (χ2v) is 5.79. The number of likely N-dealkylation sites (N-methyl/N-ethyl adjacent to an activating group) is 1. The fourth-order valence-electron chi connectivity index (χ4n) is 2.02. The quantitative estimate of drug-likeness (QED) is 0.842. The SMILES string of the molecule is CN(C)CCn1ccc(NC(=O)C(C)(N)c2ccccc2)n1. The Balaban J connectivity index is 2.03. The van der Waals surface area contributed by atoms with Gasteiger partial charge in [0, 0.05) is 18.8 Å². The highest BCUT2D eigenvalue weighted by Crippen LogP contribution is 2.19. The Bertz CT molecular complexity index is 618. The number of nitrogens with one attached hydrogen (secondary N) is 1. The largest absolute Gasteiger partial charge is 0.314 e. The van der Waals surface area contributed by atoms with Gasteiger partial charge in [0.1, 0.15) is 5.54 Å². The van der Waals surface area contributed by atoms with Crippen molar-refractivity contribution in [2.75, 3.05) is 26.0 Å². The predicted molar refractivity (Wildman–Crippen MR) is 87.4 cm³/mol. The maximum Gasteiger partial charge on any atom is 0.249 e. The normalized spacial score (nSPS) is 13.9. The molecule has 0 saturated carbocycles. The van der Waals surface area contributed by atoms with E-state index in [4.69, 9.17) is 5.73 Å². The molecule has 3 N–H and O–H groups in total. The molecule has 118 valence electrons. The third kappa shape index (κ3) is 3.93. The van der Waals surface area contributed by atoms with E-state index in [-0.39, 0.29) is 5.91 Å². The van der Waals surface area contributed by atoms with Crippen LogP contribution >= 0.6 is 0 Å².